The average molecular weight is 352 g/mol. The number of ether oxygens (including phenoxy) is 1. The minimum absolute atomic E-state index is 0.0302. The number of nitriles is 1. The first-order valence-electron chi connectivity index (χ1n) is 8.07. The fraction of sp³-hybridized carbons (Fsp3) is 0.250. The maximum Gasteiger partial charge on any atom is 0.337 e. The Morgan fingerprint density at radius 1 is 1.27 bits per heavy atom. The predicted octanol–water partition coefficient (Wildman–Crippen LogP) is 3.47. The number of benzene rings is 1. The lowest BCUT2D eigenvalue weighted by Gasteiger charge is -2.06. The van der Waals surface area contributed by atoms with Crippen LogP contribution in [0.2, 0.25) is 0 Å². The number of hydrogen-bond acceptors (Lipinski definition) is 5. The molecule has 2 aromatic rings. The van der Waals surface area contributed by atoms with Gasteiger partial charge in [0.1, 0.15) is 23.2 Å². The molecule has 26 heavy (non-hydrogen) atoms. The summed E-state index contributed by atoms with van der Waals surface area (Å²) in [5.74, 6) is 0.121. The average Bonchev–Trinajstić information content (AvgIpc) is 3.06. The summed E-state index contributed by atoms with van der Waals surface area (Å²) in [4.78, 5) is 23.6. The van der Waals surface area contributed by atoms with Gasteiger partial charge < -0.3 is 14.5 Å². The zero-order valence-corrected chi connectivity index (χ0v) is 15.1. The molecule has 0 aliphatic heterocycles. The predicted molar refractivity (Wildman–Crippen MR) is 97.1 cm³/mol. The summed E-state index contributed by atoms with van der Waals surface area (Å²) in [7, 11) is 1.33. The maximum absolute atomic E-state index is 12.0. The molecule has 2 rings (SSSR count). The van der Waals surface area contributed by atoms with Gasteiger partial charge in [0, 0.05) is 17.7 Å². The summed E-state index contributed by atoms with van der Waals surface area (Å²) in [5.41, 5.74) is 2.08. The van der Waals surface area contributed by atoms with Gasteiger partial charge in [-0.3, -0.25) is 4.79 Å². The minimum Gasteiger partial charge on any atom is -0.465 e. The van der Waals surface area contributed by atoms with E-state index < -0.39 is 11.9 Å². The molecule has 0 saturated carbocycles. The van der Waals surface area contributed by atoms with Crippen LogP contribution in [0.15, 0.2) is 40.3 Å². The summed E-state index contributed by atoms with van der Waals surface area (Å²) < 4.78 is 10.4. The van der Waals surface area contributed by atoms with Crippen molar-refractivity contribution in [3.63, 3.8) is 0 Å². The fourth-order valence-electron chi connectivity index (χ4n) is 2.39. The lowest BCUT2D eigenvalue weighted by atomic mass is 10.0. The highest BCUT2D eigenvalue weighted by Crippen LogP contribution is 2.27. The van der Waals surface area contributed by atoms with E-state index in [1.807, 2.05) is 26.8 Å². The SMILES string of the molecule is COC(=O)c1ccc(-c2ccc(/C=C(/C#N)C(=O)NC(C)C)o2)c(C)c1. The molecule has 0 radical (unpaired) electrons. The third kappa shape index (κ3) is 4.39. The Bertz CT molecular complexity index is 901. The monoisotopic (exact) mass is 352 g/mol. The van der Waals surface area contributed by atoms with Crippen LogP contribution in [0.5, 0.6) is 0 Å². The second-order valence-electron chi connectivity index (χ2n) is 6.02. The Hall–Kier alpha value is -3.33. The molecule has 6 heteroatoms. The summed E-state index contributed by atoms with van der Waals surface area (Å²) in [5, 5.41) is 11.8. The summed E-state index contributed by atoms with van der Waals surface area (Å²) in [6, 6.07) is 10.4. The Balaban J connectivity index is 2.30. The van der Waals surface area contributed by atoms with Crippen molar-refractivity contribution in [1.29, 1.82) is 5.26 Å². The van der Waals surface area contributed by atoms with Crippen molar-refractivity contribution in [3.8, 4) is 17.4 Å². The van der Waals surface area contributed by atoms with Crippen LogP contribution in [0.25, 0.3) is 17.4 Å². The number of nitrogens with one attached hydrogen (secondary N) is 1. The third-order valence-corrected chi connectivity index (χ3v) is 3.61. The number of hydrogen-bond donors (Lipinski definition) is 1. The van der Waals surface area contributed by atoms with Crippen LogP contribution >= 0.6 is 0 Å². The van der Waals surface area contributed by atoms with E-state index in [2.05, 4.69) is 5.32 Å². The van der Waals surface area contributed by atoms with Crippen molar-refractivity contribution in [2.75, 3.05) is 7.11 Å². The van der Waals surface area contributed by atoms with Gasteiger partial charge in [-0.25, -0.2) is 4.79 Å². The lowest BCUT2D eigenvalue weighted by Crippen LogP contribution is -2.30. The van der Waals surface area contributed by atoms with E-state index in [0.29, 0.717) is 17.1 Å². The number of esters is 1. The van der Waals surface area contributed by atoms with Gasteiger partial charge in [0.15, 0.2) is 0 Å². The minimum atomic E-state index is -0.445. The fourth-order valence-corrected chi connectivity index (χ4v) is 2.39. The van der Waals surface area contributed by atoms with Gasteiger partial charge in [-0.1, -0.05) is 6.07 Å². The van der Waals surface area contributed by atoms with Gasteiger partial charge >= 0.3 is 5.97 Å². The molecular weight excluding hydrogens is 332 g/mol. The van der Waals surface area contributed by atoms with E-state index in [1.54, 1.807) is 30.3 Å². The maximum atomic E-state index is 12.0. The van der Waals surface area contributed by atoms with E-state index in [4.69, 9.17) is 9.15 Å². The lowest BCUT2D eigenvalue weighted by molar-refractivity contribution is -0.117. The molecule has 0 atom stereocenters. The van der Waals surface area contributed by atoms with Crippen molar-refractivity contribution in [3.05, 3.63) is 52.8 Å². The van der Waals surface area contributed by atoms with Crippen LogP contribution in [0, 0.1) is 18.3 Å². The first-order chi connectivity index (χ1) is 12.3. The Labute approximate surface area is 152 Å². The van der Waals surface area contributed by atoms with Crippen molar-refractivity contribution in [2.45, 2.75) is 26.8 Å². The second-order valence-corrected chi connectivity index (χ2v) is 6.02. The summed E-state index contributed by atoms with van der Waals surface area (Å²) in [6.07, 6.45) is 1.40. The summed E-state index contributed by atoms with van der Waals surface area (Å²) >= 11 is 0. The molecule has 0 bridgehead atoms. The molecule has 0 spiro atoms. The third-order valence-electron chi connectivity index (χ3n) is 3.61. The number of carbonyl (C=O) groups is 2. The molecule has 1 N–H and O–H groups in total. The van der Waals surface area contributed by atoms with Crippen LogP contribution in [-0.4, -0.2) is 25.0 Å². The highest BCUT2D eigenvalue weighted by atomic mass is 16.5. The number of furan rings is 1. The molecule has 1 heterocycles. The zero-order chi connectivity index (χ0) is 19.3. The molecule has 0 aliphatic rings. The first kappa shape index (κ1) is 19.0. The van der Waals surface area contributed by atoms with Gasteiger partial charge in [0.2, 0.25) is 0 Å². The second kappa shape index (κ2) is 8.17. The van der Waals surface area contributed by atoms with Crippen molar-refractivity contribution in [2.24, 2.45) is 0 Å². The zero-order valence-electron chi connectivity index (χ0n) is 15.1. The van der Waals surface area contributed by atoms with E-state index in [-0.39, 0.29) is 11.6 Å². The highest BCUT2D eigenvalue weighted by Gasteiger charge is 2.14. The molecular formula is C20H20N2O4. The van der Waals surface area contributed by atoms with Gasteiger partial charge in [-0.15, -0.1) is 0 Å². The van der Waals surface area contributed by atoms with Crippen LogP contribution in [-0.2, 0) is 9.53 Å². The smallest absolute Gasteiger partial charge is 0.337 e. The quantitative estimate of drug-likeness (QED) is 0.505. The Kier molecular flexibility index (Phi) is 5.97. The van der Waals surface area contributed by atoms with E-state index in [9.17, 15) is 14.9 Å². The van der Waals surface area contributed by atoms with Crippen LogP contribution in [0.1, 0.15) is 35.5 Å². The van der Waals surface area contributed by atoms with Crippen LogP contribution in [0.3, 0.4) is 0 Å². The van der Waals surface area contributed by atoms with E-state index in [1.165, 1.54) is 13.2 Å². The van der Waals surface area contributed by atoms with Crippen molar-refractivity contribution >= 4 is 18.0 Å². The van der Waals surface area contributed by atoms with Gasteiger partial charge in [0.05, 0.1) is 12.7 Å². The molecule has 134 valence electrons. The molecule has 1 amide bonds. The number of nitrogens with zero attached hydrogens (tertiary/aromatic N) is 1. The number of carbonyl (C=O) groups excluding carboxylic acids is 2. The normalized spacial score (nSPS) is 11.2. The largest absolute Gasteiger partial charge is 0.465 e. The van der Waals surface area contributed by atoms with Gasteiger partial charge in [-0.2, -0.15) is 5.26 Å². The topological polar surface area (TPSA) is 92.3 Å². The molecule has 0 unspecified atom stereocenters. The molecule has 6 nitrogen and oxygen atoms in total. The van der Waals surface area contributed by atoms with Gasteiger partial charge in [-0.05, 0) is 50.6 Å². The Morgan fingerprint density at radius 3 is 2.58 bits per heavy atom. The van der Waals surface area contributed by atoms with Gasteiger partial charge in [0.25, 0.3) is 5.91 Å². The van der Waals surface area contributed by atoms with Crippen molar-refractivity contribution < 1.29 is 18.7 Å². The number of methoxy groups -OCH3 is 1. The standard InChI is InChI=1S/C20H20N2O4/c1-12(2)22-19(23)15(11-21)10-16-6-8-18(26-16)17-7-5-14(9-13(17)3)20(24)25-4/h5-10,12H,1-4H3,(H,22,23)/b15-10-. The molecule has 0 fully saturated rings. The van der Waals surface area contributed by atoms with Crippen LogP contribution < -0.4 is 5.32 Å². The highest BCUT2D eigenvalue weighted by molar-refractivity contribution is 6.01. The first-order valence-corrected chi connectivity index (χ1v) is 8.07. The van der Waals surface area contributed by atoms with Crippen molar-refractivity contribution in [1.82, 2.24) is 5.32 Å². The number of rotatable bonds is 5. The number of aryl methyl sites for hydroxylation is 1. The molecule has 1 aromatic heterocycles. The van der Waals surface area contributed by atoms with Crippen LogP contribution in [0.4, 0.5) is 0 Å². The Morgan fingerprint density at radius 2 is 2.00 bits per heavy atom. The van der Waals surface area contributed by atoms with E-state index >= 15 is 0 Å². The summed E-state index contributed by atoms with van der Waals surface area (Å²) in [6.45, 7) is 5.49. The number of amides is 1. The van der Waals surface area contributed by atoms with E-state index in [0.717, 1.165) is 11.1 Å². The molecule has 0 aliphatic carbocycles. The molecule has 0 saturated heterocycles. The molecule has 1 aromatic carbocycles.